The van der Waals surface area contributed by atoms with Gasteiger partial charge in [0.2, 0.25) is 0 Å². The molecular formula is C18H26N8O. The van der Waals surface area contributed by atoms with Gasteiger partial charge in [0.05, 0.1) is 11.4 Å². The molecule has 1 saturated carbocycles. The van der Waals surface area contributed by atoms with Crippen molar-refractivity contribution >= 4 is 22.7 Å². The Morgan fingerprint density at radius 3 is 2.74 bits per heavy atom. The van der Waals surface area contributed by atoms with Crippen molar-refractivity contribution in [3.05, 3.63) is 23.8 Å². The van der Waals surface area contributed by atoms with Gasteiger partial charge >= 0.3 is 0 Å². The predicted octanol–water partition coefficient (Wildman–Crippen LogP) is 2.68. The van der Waals surface area contributed by atoms with Crippen molar-refractivity contribution in [2.75, 3.05) is 11.1 Å². The van der Waals surface area contributed by atoms with E-state index in [1.807, 2.05) is 17.7 Å². The number of rotatable bonds is 4. The molecule has 9 heteroatoms. The van der Waals surface area contributed by atoms with E-state index in [2.05, 4.69) is 39.3 Å². The number of anilines is 2. The third kappa shape index (κ3) is 3.34. The van der Waals surface area contributed by atoms with E-state index in [1.165, 1.54) is 6.33 Å². The number of aliphatic hydroxyl groups is 1. The van der Waals surface area contributed by atoms with Gasteiger partial charge in [-0.3, -0.25) is 5.10 Å². The standard InChI is InChI=1S/C18H26N8O/c1-10-8-12(24-23-10)22-17(27)14-13-15(19)20-9-21-16(13)26(25-14)11-4-6-18(2,3)7-5-11/h8-9,11,17,27H,4-7H2,1-3H3,(H2,19,20,21)(H2,22,23,24). The maximum absolute atomic E-state index is 10.7. The molecule has 3 heterocycles. The Bertz CT molecular complexity index is 950. The van der Waals surface area contributed by atoms with Crippen molar-refractivity contribution in [3.63, 3.8) is 0 Å². The monoisotopic (exact) mass is 370 g/mol. The van der Waals surface area contributed by atoms with Gasteiger partial charge in [-0.05, 0) is 38.0 Å². The number of nitrogens with zero attached hydrogens (tertiary/aromatic N) is 5. The molecule has 3 aromatic heterocycles. The summed E-state index contributed by atoms with van der Waals surface area (Å²) in [4.78, 5) is 8.51. The number of aliphatic hydroxyl groups excluding tert-OH is 1. The third-order valence-corrected chi connectivity index (χ3v) is 5.45. The Morgan fingerprint density at radius 2 is 2.07 bits per heavy atom. The van der Waals surface area contributed by atoms with Crippen LogP contribution in [-0.4, -0.2) is 35.1 Å². The Hall–Kier alpha value is -2.68. The molecule has 0 saturated heterocycles. The van der Waals surface area contributed by atoms with Crippen LogP contribution < -0.4 is 11.1 Å². The summed E-state index contributed by atoms with van der Waals surface area (Å²) >= 11 is 0. The summed E-state index contributed by atoms with van der Waals surface area (Å²) in [6, 6.07) is 2.05. The Morgan fingerprint density at radius 1 is 1.33 bits per heavy atom. The van der Waals surface area contributed by atoms with Gasteiger partial charge in [0.1, 0.15) is 23.7 Å². The molecule has 27 heavy (non-hydrogen) atoms. The van der Waals surface area contributed by atoms with E-state index in [0.29, 0.717) is 33.8 Å². The van der Waals surface area contributed by atoms with Crippen LogP contribution in [-0.2, 0) is 0 Å². The molecule has 0 bridgehead atoms. The van der Waals surface area contributed by atoms with E-state index in [4.69, 9.17) is 10.8 Å². The number of H-pyrrole nitrogens is 1. The number of hydrogen-bond donors (Lipinski definition) is 4. The van der Waals surface area contributed by atoms with Crippen LogP contribution in [0.15, 0.2) is 12.4 Å². The Balaban J connectivity index is 1.70. The van der Waals surface area contributed by atoms with Crippen molar-refractivity contribution in [1.29, 1.82) is 0 Å². The number of nitrogens with two attached hydrogens (primary N) is 1. The zero-order valence-electron chi connectivity index (χ0n) is 15.9. The molecule has 1 unspecified atom stereocenters. The number of aromatic amines is 1. The highest BCUT2D eigenvalue weighted by atomic mass is 16.3. The fourth-order valence-electron chi connectivity index (χ4n) is 3.80. The molecule has 3 aromatic rings. The van der Waals surface area contributed by atoms with Gasteiger partial charge in [0.25, 0.3) is 0 Å². The van der Waals surface area contributed by atoms with Gasteiger partial charge < -0.3 is 16.2 Å². The fourth-order valence-corrected chi connectivity index (χ4v) is 3.80. The SMILES string of the molecule is Cc1cc(NC(O)c2nn(C3CCC(C)(C)CC3)c3ncnc(N)c23)n[nH]1. The normalized spacial score (nSPS) is 18.7. The molecule has 0 amide bonds. The zero-order valence-corrected chi connectivity index (χ0v) is 15.9. The highest BCUT2D eigenvalue weighted by Gasteiger charge is 2.31. The molecule has 1 aliphatic rings. The van der Waals surface area contributed by atoms with Crippen LogP contribution in [0.4, 0.5) is 11.6 Å². The number of hydrogen-bond acceptors (Lipinski definition) is 7. The maximum atomic E-state index is 10.7. The second kappa shape index (κ2) is 6.49. The predicted molar refractivity (Wildman–Crippen MR) is 103 cm³/mol. The summed E-state index contributed by atoms with van der Waals surface area (Å²) in [7, 11) is 0. The molecule has 4 rings (SSSR count). The quantitative estimate of drug-likeness (QED) is 0.519. The van der Waals surface area contributed by atoms with Crippen molar-refractivity contribution < 1.29 is 5.11 Å². The number of aryl methyl sites for hydroxylation is 1. The minimum absolute atomic E-state index is 0.239. The Labute approximate surface area is 157 Å². The molecule has 1 fully saturated rings. The summed E-state index contributed by atoms with van der Waals surface area (Å²) in [6.45, 7) is 6.50. The van der Waals surface area contributed by atoms with Crippen molar-refractivity contribution in [3.8, 4) is 0 Å². The number of nitrogens with one attached hydrogen (secondary N) is 2. The first-order valence-corrected chi connectivity index (χ1v) is 9.29. The average molecular weight is 370 g/mol. The Kier molecular flexibility index (Phi) is 4.26. The van der Waals surface area contributed by atoms with Gasteiger partial charge in [-0.15, -0.1) is 0 Å². The van der Waals surface area contributed by atoms with Crippen molar-refractivity contribution in [2.24, 2.45) is 5.41 Å². The lowest BCUT2D eigenvalue weighted by molar-refractivity contribution is 0.181. The summed E-state index contributed by atoms with van der Waals surface area (Å²) in [5.74, 6) is 0.856. The summed E-state index contributed by atoms with van der Waals surface area (Å²) in [5.41, 5.74) is 8.46. The number of aromatic nitrogens is 6. The van der Waals surface area contributed by atoms with E-state index in [0.717, 1.165) is 31.4 Å². The highest BCUT2D eigenvalue weighted by molar-refractivity contribution is 5.88. The maximum Gasteiger partial charge on any atom is 0.171 e. The van der Waals surface area contributed by atoms with E-state index >= 15 is 0 Å². The van der Waals surface area contributed by atoms with Gasteiger partial charge in [0.15, 0.2) is 11.9 Å². The smallest absolute Gasteiger partial charge is 0.171 e. The zero-order chi connectivity index (χ0) is 19.2. The molecule has 9 nitrogen and oxygen atoms in total. The van der Waals surface area contributed by atoms with Crippen LogP contribution in [0, 0.1) is 12.3 Å². The van der Waals surface area contributed by atoms with Crippen LogP contribution in [0.5, 0.6) is 0 Å². The van der Waals surface area contributed by atoms with E-state index in [9.17, 15) is 5.11 Å². The molecule has 5 N–H and O–H groups in total. The minimum atomic E-state index is -1.07. The highest BCUT2D eigenvalue weighted by Crippen LogP contribution is 2.41. The van der Waals surface area contributed by atoms with Gasteiger partial charge in [-0.1, -0.05) is 13.8 Å². The van der Waals surface area contributed by atoms with Crippen LogP contribution in [0.25, 0.3) is 11.0 Å². The summed E-state index contributed by atoms with van der Waals surface area (Å²) in [5, 5.41) is 25.9. The second-order valence-electron chi connectivity index (χ2n) is 8.17. The molecular weight excluding hydrogens is 344 g/mol. The first kappa shape index (κ1) is 17.7. The summed E-state index contributed by atoms with van der Waals surface area (Å²) in [6.07, 6.45) is 4.68. The number of nitrogen functional groups attached to an aromatic ring is 1. The van der Waals surface area contributed by atoms with Crippen molar-refractivity contribution in [2.45, 2.75) is 58.7 Å². The third-order valence-electron chi connectivity index (χ3n) is 5.45. The topological polar surface area (TPSA) is 131 Å². The summed E-state index contributed by atoms with van der Waals surface area (Å²) < 4.78 is 1.92. The lowest BCUT2D eigenvalue weighted by atomic mass is 9.75. The molecule has 0 radical (unpaired) electrons. The largest absolute Gasteiger partial charge is 0.383 e. The molecule has 0 aliphatic heterocycles. The van der Waals surface area contributed by atoms with E-state index in [1.54, 1.807) is 0 Å². The van der Waals surface area contributed by atoms with Gasteiger partial charge in [-0.25, -0.2) is 14.6 Å². The van der Waals surface area contributed by atoms with Gasteiger partial charge in [-0.2, -0.15) is 10.2 Å². The average Bonchev–Trinajstić information content (AvgIpc) is 3.20. The lowest BCUT2D eigenvalue weighted by Gasteiger charge is -2.34. The first-order valence-electron chi connectivity index (χ1n) is 9.29. The van der Waals surface area contributed by atoms with Crippen LogP contribution in [0.3, 0.4) is 0 Å². The number of fused-ring (bicyclic) bond motifs is 1. The first-order chi connectivity index (χ1) is 12.8. The molecule has 0 spiro atoms. The van der Waals surface area contributed by atoms with Crippen LogP contribution in [0.2, 0.25) is 0 Å². The van der Waals surface area contributed by atoms with E-state index in [-0.39, 0.29) is 6.04 Å². The van der Waals surface area contributed by atoms with E-state index < -0.39 is 6.23 Å². The van der Waals surface area contributed by atoms with Crippen molar-refractivity contribution in [1.82, 2.24) is 29.9 Å². The minimum Gasteiger partial charge on any atom is -0.383 e. The molecule has 144 valence electrons. The molecule has 0 aromatic carbocycles. The molecule has 1 atom stereocenters. The van der Waals surface area contributed by atoms with Crippen LogP contribution in [0.1, 0.15) is 63.2 Å². The van der Waals surface area contributed by atoms with Crippen LogP contribution >= 0.6 is 0 Å². The van der Waals surface area contributed by atoms with Gasteiger partial charge in [0, 0.05) is 11.8 Å². The molecule has 1 aliphatic carbocycles. The fraction of sp³-hybridized carbons (Fsp3) is 0.556. The second-order valence-corrected chi connectivity index (χ2v) is 8.17. The lowest BCUT2D eigenvalue weighted by Crippen LogP contribution is -2.24.